The van der Waals surface area contributed by atoms with Crippen molar-refractivity contribution in [2.75, 3.05) is 22.9 Å². The molecule has 0 heterocycles. The van der Waals surface area contributed by atoms with Crippen molar-refractivity contribution in [3.05, 3.63) is 119 Å². The van der Waals surface area contributed by atoms with E-state index in [1.165, 1.54) is 39.3 Å². The van der Waals surface area contributed by atoms with Crippen LogP contribution in [0.25, 0.3) is 0 Å². The van der Waals surface area contributed by atoms with E-state index in [-0.39, 0.29) is 5.41 Å². The van der Waals surface area contributed by atoms with Crippen LogP contribution in [-0.2, 0) is 5.41 Å². The normalized spacial score (nSPS) is 11.4. The molecule has 0 saturated heterocycles. The molecule has 0 aliphatic carbocycles. The van der Waals surface area contributed by atoms with Crippen molar-refractivity contribution in [2.45, 2.75) is 47.0 Å². The summed E-state index contributed by atoms with van der Waals surface area (Å²) in [6.07, 6.45) is 0. The van der Waals surface area contributed by atoms with E-state index in [1.54, 1.807) is 0 Å². The monoisotopic (exact) mass is 462 g/mol. The van der Waals surface area contributed by atoms with Crippen molar-refractivity contribution in [1.29, 1.82) is 0 Å². The first kappa shape index (κ1) is 24.6. The third-order valence-electron chi connectivity index (χ3n) is 7.08. The van der Waals surface area contributed by atoms with Gasteiger partial charge in [-0.2, -0.15) is 0 Å². The third kappa shape index (κ3) is 5.27. The van der Waals surface area contributed by atoms with Crippen LogP contribution in [0.4, 0.5) is 22.7 Å². The Bertz CT molecular complexity index is 1200. The molecular weight excluding hydrogens is 424 g/mol. The van der Waals surface area contributed by atoms with Gasteiger partial charge in [0, 0.05) is 41.3 Å². The molecule has 2 heteroatoms. The van der Waals surface area contributed by atoms with Crippen molar-refractivity contribution in [3.63, 3.8) is 0 Å². The van der Waals surface area contributed by atoms with Crippen molar-refractivity contribution < 1.29 is 0 Å². The van der Waals surface area contributed by atoms with Gasteiger partial charge in [0.05, 0.1) is 0 Å². The fourth-order valence-electron chi connectivity index (χ4n) is 4.85. The summed E-state index contributed by atoms with van der Waals surface area (Å²) in [7, 11) is 0. The lowest BCUT2D eigenvalue weighted by Crippen LogP contribution is -2.23. The minimum Gasteiger partial charge on any atom is -0.372 e. The lowest BCUT2D eigenvalue weighted by atomic mass is 9.78. The van der Waals surface area contributed by atoms with Gasteiger partial charge in [0.2, 0.25) is 0 Å². The van der Waals surface area contributed by atoms with Gasteiger partial charge < -0.3 is 9.80 Å². The molecule has 0 saturated carbocycles. The molecule has 180 valence electrons. The Morgan fingerprint density at radius 3 is 1.37 bits per heavy atom. The molecule has 0 fully saturated rings. The van der Waals surface area contributed by atoms with Crippen molar-refractivity contribution in [1.82, 2.24) is 0 Å². The van der Waals surface area contributed by atoms with Crippen LogP contribution in [0.5, 0.6) is 0 Å². The minimum absolute atomic E-state index is 0.0855. The number of hydrogen-bond donors (Lipinski definition) is 0. The van der Waals surface area contributed by atoms with Gasteiger partial charge in [0.15, 0.2) is 0 Å². The molecule has 4 aromatic rings. The van der Waals surface area contributed by atoms with E-state index in [4.69, 9.17) is 0 Å². The number of rotatable bonds is 8. The van der Waals surface area contributed by atoms with Crippen LogP contribution in [0.1, 0.15) is 49.9 Å². The Morgan fingerprint density at radius 1 is 0.543 bits per heavy atom. The first-order chi connectivity index (χ1) is 16.8. The highest BCUT2D eigenvalue weighted by Crippen LogP contribution is 2.38. The van der Waals surface area contributed by atoms with E-state index < -0.39 is 0 Å². The average molecular weight is 463 g/mol. The van der Waals surface area contributed by atoms with Crippen LogP contribution in [0.15, 0.2) is 97.1 Å². The lowest BCUT2D eigenvalue weighted by molar-refractivity contribution is 0.640. The highest BCUT2D eigenvalue weighted by molar-refractivity contribution is 5.77. The second-order valence-corrected chi connectivity index (χ2v) is 9.90. The summed E-state index contributed by atoms with van der Waals surface area (Å²) in [6.45, 7) is 15.4. The van der Waals surface area contributed by atoms with Crippen LogP contribution in [0.3, 0.4) is 0 Å². The van der Waals surface area contributed by atoms with Gasteiger partial charge in [-0.1, -0.05) is 62.4 Å². The third-order valence-corrected chi connectivity index (χ3v) is 7.08. The van der Waals surface area contributed by atoms with Gasteiger partial charge in [-0.15, -0.1) is 0 Å². The summed E-state index contributed by atoms with van der Waals surface area (Å²) in [5, 5.41) is 0. The van der Waals surface area contributed by atoms with Crippen molar-refractivity contribution >= 4 is 22.7 Å². The van der Waals surface area contributed by atoms with E-state index in [2.05, 4.69) is 148 Å². The molecule has 0 unspecified atom stereocenters. The van der Waals surface area contributed by atoms with E-state index in [9.17, 15) is 0 Å². The topological polar surface area (TPSA) is 6.48 Å². The molecule has 0 aliphatic rings. The fraction of sp³-hybridized carbons (Fsp3) is 0.273. The molecule has 4 rings (SSSR count). The fourth-order valence-corrected chi connectivity index (χ4v) is 4.85. The molecule has 0 radical (unpaired) electrons. The van der Waals surface area contributed by atoms with E-state index >= 15 is 0 Å². The zero-order valence-corrected chi connectivity index (χ0v) is 22.0. The molecular formula is C33H38N2. The molecule has 0 spiro atoms. The Hall–Kier alpha value is -3.52. The summed E-state index contributed by atoms with van der Waals surface area (Å²) >= 11 is 0. The Labute approximate surface area is 211 Å². The van der Waals surface area contributed by atoms with Gasteiger partial charge in [0.1, 0.15) is 0 Å². The Kier molecular flexibility index (Phi) is 7.31. The molecule has 4 aromatic carbocycles. The molecule has 0 aliphatic heterocycles. The summed E-state index contributed by atoms with van der Waals surface area (Å²) in [4.78, 5) is 4.73. The van der Waals surface area contributed by atoms with Gasteiger partial charge in [-0.3, -0.25) is 0 Å². The number of aryl methyl sites for hydroxylation is 2. The second kappa shape index (κ2) is 10.4. The summed E-state index contributed by atoms with van der Waals surface area (Å²) in [5.41, 5.74) is 9.87. The standard InChI is InChI=1S/C33H38N2/c1-7-34(8-2)29-19-15-27(16-20-29)33(5,6)28-17-21-30(22-18-28)35(31-13-9-11-25(3)23-31)32-14-10-12-26(4)24-32/h9-24H,7-8H2,1-6H3. The van der Waals surface area contributed by atoms with E-state index in [0.29, 0.717) is 0 Å². The molecule has 0 amide bonds. The van der Waals surface area contributed by atoms with Gasteiger partial charge in [-0.25, -0.2) is 0 Å². The Balaban J connectivity index is 1.68. The maximum Gasteiger partial charge on any atom is 0.0464 e. The lowest BCUT2D eigenvalue weighted by Gasteiger charge is -2.30. The van der Waals surface area contributed by atoms with Crippen LogP contribution in [0.2, 0.25) is 0 Å². The highest BCUT2D eigenvalue weighted by Gasteiger charge is 2.24. The maximum absolute atomic E-state index is 2.39. The predicted octanol–water partition coefficient (Wildman–Crippen LogP) is 8.95. The minimum atomic E-state index is -0.0855. The number of benzene rings is 4. The van der Waals surface area contributed by atoms with Crippen LogP contribution >= 0.6 is 0 Å². The van der Waals surface area contributed by atoms with Crippen molar-refractivity contribution in [2.24, 2.45) is 0 Å². The van der Waals surface area contributed by atoms with Crippen LogP contribution < -0.4 is 9.80 Å². The summed E-state index contributed by atoms with van der Waals surface area (Å²) in [5.74, 6) is 0. The zero-order chi connectivity index (χ0) is 25.0. The Morgan fingerprint density at radius 2 is 0.971 bits per heavy atom. The van der Waals surface area contributed by atoms with Crippen LogP contribution in [0, 0.1) is 13.8 Å². The quantitative estimate of drug-likeness (QED) is 0.258. The SMILES string of the molecule is CCN(CC)c1ccc(C(C)(C)c2ccc(N(c3cccc(C)c3)c3cccc(C)c3)cc2)cc1. The number of anilines is 4. The summed E-state index contributed by atoms with van der Waals surface area (Å²) in [6, 6.07) is 35.6. The molecule has 0 N–H and O–H groups in total. The average Bonchev–Trinajstić information content (AvgIpc) is 2.86. The molecule has 0 atom stereocenters. The number of hydrogen-bond acceptors (Lipinski definition) is 2. The molecule has 0 aromatic heterocycles. The van der Waals surface area contributed by atoms with Gasteiger partial charge >= 0.3 is 0 Å². The smallest absolute Gasteiger partial charge is 0.0464 e. The largest absolute Gasteiger partial charge is 0.372 e. The maximum atomic E-state index is 2.39. The molecule has 35 heavy (non-hydrogen) atoms. The van der Waals surface area contributed by atoms with Gasteiger partial charge in [-0.05, 0) is 98.5 Å². The van der Waals surface area contributed by atoms with Gasteiger partial charge in [0.25, 0.3) is 0 Å². The first-order valence-corrected chi connectivity index (χ1v) is 12.7. The van der Waals surface area contributed by atoms with Crippen LogP contribution in [-0.4, -0.2) is 13.1 Å². The zero-order valence-electron chi connectivity index (χ0n) is 22.0. The molecule has 0 bridgehead atoms. The number of nitrogens with zero attached hydrogens (tertiary/aromatic N) is 2. The van der Waals surface area contributed by atoms with Crippen molar-refractivity contribution in [3.8, 4) is 0 Å². The molecule has 2 nitrogen and oxygen atoms in total. The second-order valence-electron chi connectivity index (χ2n) is 9.90. The van der Waals surface area contributed by atoms with E-state index in [1.807, 2.05) is 0 Å². The van der Waals surface area contributed by atoms with E-state index in [0.717, 1.165) is 18.8 Å². The highest BCUT2D eigenvalue weighted by atomic mass is 15.1. The predicted molar refractivity (Wildman–Crippen MR) is 153 cm³/mol. The summed E-state index contributed by atoms with van der Waals surface area (Å²) < 4.78 is 0. The first-order valence-electron chi connectivity index (χ1n) is 12.7.